The van der Waals surface area contributed by atoms with E-state index in [1.807, 2.05) is 17.0 Å². The number of guanidine groups is 1. The molecule has 1 fully saturated rings. The second kappa shape index (κ2) is 12.7. The van der Waals surface area contributed by atoms with Crippen molar-refractivity contribution in [3.8, 4) is 5.75 Å². The Morgan fingerprint density at radius 3 is 2.59 bits per heavy atom. The molecule has 0 atom stereocenters. The maximum absolute atomic E-state index is 11.9. The number of ether oxygens (including phenoxy) is 1. The minimum Gasteiger partial charge on any atom is -0.497 e. The number of unbranched alkanes of at least 4 members (excludes halogenated alkanes) is 1. The standard InChI is InChI=1S/C26H36N4O2/c1-3-27-26(28-16-5-4-8-21-12-14-24(32-2)15-13-21)29-19-22-9-6-10-23(18-22)20-30-17-7-11-25(30)31/h6,9-10,12-15,18H,3-5,7-8,11,16-17,19-20H2,1-2H3,(H2,27,28,29). The molecular weight excluding hydrogens is 400 g/mol. The van der Waals surface area contributed by atoms with Gasteiger partial charge in [-0.2, -0.15) is 0 Å². The summed E-state index contributed by atoms with van der Waals surface area (Å²) in [5.74, 6) is 2.01. The maximum atomic E-state index is 11.9. The van der Waals surface area contributed by atoms with E-state index in [2.05, 4.69) is 54.0 Å². The van der Waals surface area contributed by atoms with Crippen LogP contribution in [-0.4, -0.2) is 43.5 Å². The average Bonchev–Trinajstić information content (AvgIpc) is 3.22. The van der Waals surface area contributed by atoms with E-state index in [4.69, 9.17) is 9.73 Å². The molecule has 2 aromatic carbocycles. The van der Waals surface area contributed by atoms with Crippen molar-refractivity contribution >= 4 is 11.9 Å². The lowest BCUT2D eigenvalue weighted by Crippen LogP contribution is -2.37. The first kappa shape index (κ1) is 23.6. The summed E-state index contributed by atoms with van der Waals surface area (Å²) < 4.78 is 5.21. The molecule has 1 aliphatic heterocycles. The molecular formula is C26H36N4O2. The lowest BCUT2D eigenvalue weighted by atomic mass is 10.1. The summed E-state index contributed by atoms with van der Waals surface area (Å²) in [6.07, 6.45) is 4.92. The summed E-state index contributed by atoms with van der Waals surface area (Å²) in [5.41, 5.74) is 3.66. The third-order valence-electron chi connectivity index (χ3n) is 5.64. The first-order valence-corrected chi connectivity index (χ1v) is 11.7. The van der Waals surface area contributed by atoms with Gasteiger partial charge >= 0.3 is 0 Å². The molecule has 0 aliphatic carbocycles. The highest BCUT2D eigenvalue weighted by atomic mass is 16.5. The zero-order valence-corrected chi connectivity index (χ0v) is 19.4. The lowest BCUT2D eigenvalue weighted by Gasteiger charge is -2.16. The molecule has 2 aromatic rings. The summed E-state index contributed by atoms with van der Waals surface area (Å²) in [7, 11) is 1.69. The summed E-state index contributed by atoms with van der Waals surface area (Å²) >= 11 is 0. The number of aryl methyl sites for hydroxylation is 1. The van der Waals surface area contributed by atoms with Gasteiger partial charge in [-0.25, -0.2) is 4.99 Å². The minimum atomic E-state index is 0.263. The quantitative estimate of drug-likeness (QED) is 0.319. The van der Waals surface area contributed by atoms with Crippen molar-refractivity contribution in [2.24, 2.45) is 4.99 Å². The molecule has 1 heterocycles. The molecule has 0 aromatic heterocycles. The maximum Gasteiger partial charge on any atom is 0.222 e. The van der Waals surface area contributed by atoms with E-state index in [1.165, 1.54) is 11.1 Å². The average molecular weight is 437 g/mol. The Bertz CT molecular complexity index is 880. The SMILES string of the molecule is CCNC(=NCc1cccc(CN2CCCC2=O)c1)NCCCCc1ccc(OC)cc1. The normalized spacial score (nSPS) is 14.0. The number of nitrogens with zero attached hydrogens (tertiary/aromatic N) is 2. The second-order valence-electron chi connectivity index (χ2n) is 8.17. The monoisotopic (exact) mass is 436 g/mol. The molecule has 2 N–H and O–H groups in total. The van der Waals surface area contributed by atoms with Gasteiger partial charge in [0.2, 0.25) is 5.91 Å². The molecule has 0 spiro atoms. The Balaban J connectivity index is 1.43. The van der Waals surface area contributed by atoms with E-state index in [0.29, 0.717) is 19.5 Å². The molecule has 32 heavy (non-hydrogen) atoms. The van der Waals surface area contributed by atoms with Crippen molar-refractivity contribution in [1.82, 2.24) is 15.5 Å². The second-order valence-corrected chi connectivity index (χ2v) is 8.17. The zero-order valence-electron chi connectivity index (χ0n) is 19.4. The third-order valence-corrected chi connectivity index (χ3v) is 5.64. The number of nitrogens with one attached hydrogen (secondary N) is 2. The topological polar surface area (TPSA) is 66.0 Å². The largest absolute Gasteiger partial charge is 0.497 e. The van der Waals surface area contributed by atoms with Crippen LogP contribution in [0.15, 0.2) is 53.5 Å². The highest BCUT2D eigenvalue weighted by Gasteiger charge is 2.19. The highest BCUT2D eigenvalue weighted by Crippen LogP contribution is 2.16. The first-order valence-electron chi connectivity index (χ1n) is 11.7. The predicted molar refractivity (Wildman–Crippen MR) is 130 cm³/mol. The van der Waals surface area contributed by atoms with Crippen LogP contribution >= 0.6 is 0 Å². The Hall–Kier alpha value is -3.02. The fourth-order valence-electron chi connectivity index (χ4n) is 3.88. The number of hydrogen-bond donors (Lipinski definition) is 2. The van der Waals surface area contributed by atoms with Gasteiger partial charge in [-0.3, -0.25) is 4.79 Å². The molecule has 0 saturated carbocycles. The number of amides is 1. The number of hydrogen-bond acceptors (Lipinski definition) is 3. The van der Waals surface area contributed by atoms with E-state index in [-0.39, 0.29) is 5.91 Å². The van der Waals surface area contributed by atoms with Crippen molar-refractivity contribution in [2.75, 3.05) is 26.7 Å². The van der Waals surface area contributed by atoms with Crippen LogP contribution in [0.1, 0.15) is 49.3 Å². The van der Waals surface area contributed by atoms with Gasteiger partial charge in [0.05, 0.1) is 13.7 Å². The van der Waals surface area contributed by atoms with Crippen molar-refractivity contribution in [2.45, 2.75) is 52.1 Å². The van der Waals surface area contributed by atoms with Crippen LogP contribution in [0, 0.1) is 0 Å². The lowest BCUT2D eigenvalue weighted by molar-refractivity contribution is -0.128. The van der Waals surface area contributed by atoms with Crippen molar-refractivity contribution < 1.29 is 9.53 Å². The number of rotatable bonds is 11. The number of methoxy groups -OCH3 is 1. The molecule has 3 rings (SSSR count). The van der Waals surface area contributed by atoms with Crippen LogP contribution in [0.3, 0.4) is 0 Å². The van der Waals surface area contributed by atoms with Crippen LogP contribution in [0.5, 0.6) is 5.75 Å². The van der Waals surface area contributed by atoms with Crippen LogP contribution in [-0.2, 0) is 24.3 Å². The van der Waals surface area contributed by atoms with E-state index in [1.54, 1.807) is 7.11 Å². The van der Waals surface area contributed by atoms with Gasteiger partial charge in [0.1, 0.15) is 5.75 Å². The van der Waals surface area contributed by atoms with Crippen molar-refractivity contribution in [3.05, 3.63) is 65.2 Å². The van der Waals surface area contributed by atoms with Crippen molar-refractivity contribution in [1.29, 1.82) is 0 Å². The van der Waals surface area contributed by atoms with Gasteiger partial charge in [0.25, 0.3) is 0 Å². The van der Waals surface area contributed by atoms with Crippen LogP contribution < -0.4 is 15.4 Å². The van der Waals surface area contributed by atoms with Gasteiger partial charge in [-0.1, -0.05) is 36.4 Å². The Morgan fingerprint density at radius 2 is 1.88 bits per heavy atom. The third kappa shape index (κ3) is 7.59. The van der Waals surface area contributed by atoms with E-state index < -0.39 is 0 Å². The fourth-order valence-corrected chi connectivity index (χ4v) is 3.88. The molecule has 1 aliphatic rings. The van der Waals surface area contributed by atoms with Gasteiger partial charge < -0.3 is 20.3 Å². The number of likely N-dealkylation sites (tertiary alicyclic amines) is 1. The zero-order chi connectivity index (χ0) is 22.6. The van der Waals surface area contributed by atoms with E-state index in [0.717, 1.165) is 62.6 Å². The summed E-state index contributed by atoms with van der Waals surface area (Å²) in [5, 5.41) is 6.77. The van der Waals surface area contributed by atoms with Crippen molar-refractivity contribution in [3.63, 3.8) is 0 Å². The Morgan fingerprint density at radius 1 is 1.06 bits per heavy atom. The molecule has 0 bridgehead atoms. The van der Waals surface area contributed by atoms with Crippen LogP contribution in [0.4, 0.5) is 0 Å². The smallest absolute Gasteiger partial charge is 0.222 e. The Kier molecular flexibility index (Phi) is 9.41. The highest BCUT2D eigenvalue weighted by molar-refractivity contribution is 5.79. The van der Waals surface area contributed by atoms with E-state index in [9.17, 15) is 4.79 Å². The molecule has 6 heteroatoms. The molecule has 172 valence electrons. The fraction of sp³-hybridized carbons (Fsp3) is 0.462. The van der Waals surface area contributed by atoms with Crippen LogP contribution in [0.2, 0.25) is 0 Å². The molecule has 0 radical (unpaired) electrons. The molecule has 1 amide bonds. The predicted octanol–water partition coefficient (Wildman–Crippen LogP) is 3.90. The summed E-state index contributed by atoms with van der Waals surface area (Å²) in [6, 6.07) is 16.7. The summed E-state index contributed by atoms with van der Waals surface area (Å²) in [6.45, 7) is 5.97. The Labute approximate surface area is 192 Å². The summed E-state index contributed by atoms with van der Waals surface area (Å²) in [4.78, 5) is 18.6. The van der Waals surface area contributed by atoms with Gasteiger partial charge in [-0.05, 0) is 61.4 Å². The van der Waals surface area contributed by atoms with Gasteiger partial charge in [-0.15, -0.1) is 0 Å². The minimum absolute atomic E-state index is 0.263. The van der Waals surface area contributed by atoms with Gasteiger partial charge in [0.15, 0.2) is 5.96 Å². The number of aliphatic imine (C=N–C) groups is 1. The molecule has 0 unspecified atom stereocenters. The number of benzene rings is 2. The number of carbonyl (C=O) groups is 1. The molecule has 1 saturated heterocycles. The van der Waals surface area contributed by atoms with Gasteiger partial charge in [0, 0.05) is 32.6 Å². The molecule has 6 nitrogen and oxygen atoms in total. The van der Waals surface area contributed by atoms with Crippen LogP contribution in [0.25, 0.3) is 0 Å². The number of carbonyl (C=O) groups excluding carboxylic acids is 1. The first-order chi connectivity index (χ1) is 15.7. The van der Waals surface area contributed by atoms with E-state index >= 15 is 0 Å².